The number of sulfonamides is 1. The van der Waals surface area contributed by atoms with Gasteiger partial charge in [-0.2, -0.15) is 0 Å². The zero-order valence-electron chi connectivity index (χ0n) is 13.6. The Morgan fingerprint density at radius 3 is 2.60 bits per heavy atom. The van der Waals surface area contributed by atoms with Crippen LogP contribution in [-0.2, 0) is 21.2 Å². The van der Waals surface area contributed by atoms with Gasteiger partial charge in [0.05, 0.1) is 17.4 Å². The molecule has 1 unspecified atom stereocenters. The molecule has 2 rings (SSSR count). The zero-order chi connectivity index (χ0) is 18.6. The highest BCUT2D eigenvalue weighted by Gasteiger charge is 2.17. The van der Waals surface area contributed by atoms with E-state index in [0.717, 1.165) is 4.47 Å². The monoisotopic (exact) mass is 426 g/mol. The molecule has 0 aliphatic rings. The maximum Gasteiger partial charge on any atom is 0.238 e. The highest BCUT2D eigenvalue weighted by molar-refractivity contribution is 9.10. The van der Waals surface area contributed by atoms with Gasteiger partial charge in [-0.3, -0.25) is 4.79 Å². The molecule has 4 N–H and O–H groups in total. The fraction of sp³-hybridized carbons (Fsp3) is 0.235. The first kappa shape index (κ1) is 19.4. The minimum atomic E-state index is -3.80. The van der Waals surface area contributed by atoms with Crippen LogP contribution in [0.5, 0.6) is 5.75 Å². The van der Waals surface area contributed by atoms with Gasteiger partial charge in [-0.05, 0) is 36.2 Å². The van der Waals surface area contributed by atoms with Gasteiger partial charge in [0.2, 0.25) is 15.9 Å². The van der Waals surface area contributed by atoms with Gasteiger partial charge < -0.3 is 10.4 Å². The van der Waals surface area contributed by atoms with Crippen molar-refractivity contribution in [1.29, 1.82) is 0 Å². The molecule has 134 valence electrons. The number of nitrogens with one attached hydrogen (secondary N) is 1. The molecule has 6 nitrogen and oxygen atoms in total. The fourth-order valence-corrected chi connectivity index (χ4v) is 3.35. The Balaban J connectivity index is 2.15. The molecule has 0 spiro atoms. The van der Waals surface area contributed by atoms with Crippen LogP contribution in [0.1, 0.15) is 30.5 Å². The summed E-state index contributed by atoms with van der Waals surface area (Å²) in [5.41, 5.74) is 1.16. The molecule has 0 saturated heterocycles. The Kier molecular flexibility index (Phi) is 6.21. The lowest BCUT2D eigenvalue weighted by atomic mass is 10.0. The van der Waals surface area contributed by atoms with Gasteiger partial charge >= 0.3 is 0 Å². The Morgan fingerprint density at radius 1 is 1.28 bits per heavy atom. The van der Waals surface area contributed by atoms with Crippen molar-refractivity contribution in [3.63, 3.8) is 0 Å². The molecule has 0 bridgehead atoms. The molecule has 0 aliphatic heterocycles. The van der Waals surface area contributed by atoms with Crippen LogP contribution in [0.4, 0.5) is 0 Å². The summed E-state index contributed by atoms with van der Waals surface area (Å²) in [4.78, 5) is 12.3. The van der Waals surface area contributed by atoms with E-state index in [1.54, 1.807) is 24.3 Å². The quantitative estimate of drug-likeness (QED) is 0.658. The lowest BCUT2D eigenvalue weighted by Gasteiger charge is -2.18. The molecule has 0 radical (unpaired) electrons. The minimum absolute atomic E-state index is 0.00301. The van der Waals surface area contributed by atoms with Crippen LogP contribution in [0, 0.1) is 0 Å². The van der Waals surface area contributed by atoms with Gasteiger partial charge in [0.25, 0.3) is 0 Å². The van der Waals surface area contributed by atoms with Gasteiger partial charge in [-0.15, -0.1) is 0 Å². The van der Waals surface area contributed by atoms with Crippen molar-refractivity contribution in [2.45, 2.75) is 30.7 Å². The summed E-state index contributed by atoms with van der Waals surface area (Å²) >= 11 is 3.25. The van der Waals surface area contributed by atoms with Crippen molar-refractivity contribution in [2.75, 3.05) is 0 Å². The summed E-state index contributed by atoms with van der Waals surface area (Å²) in [6, 6.07) is 10.8. The highest BCUT2D eigenvalue weighted by Crippen LogP contribution is 2.24. The molecule has 8 heteroatoms. The first-order valence-electron chi connectivity index (χ1n) is 7.60. The summed E-state index contributed by atoms with van der Waals surface area (Å²) in [6.45, 7) is 1.88. The topological polar surface area (TPSA) is 109 Å². The van der Waals surface area contributed by atoms with E-state index < -0.39 is 10.0 Å². The molecule has 0 fully saturated rings. The summed E-state index contributed by atoms with van der Waals surface area (Å²) < 4.78 is 23.7. The van der Waals surface area contributed by atoms with Crippen molar-refractivity contribution in [3.05, 3.63) is 58.1 Å². The van der Waals surface area contributed by atoms with Crippen LogP contribution in [0.3, 0.4) is 0 Å². The van der Waals surface area contributed by atoms with Crippen molar-refractivity contribution in [1.82, 2.24) is 5.32 Å². The number of aromatic hydroxyl groups is 1. The molecule has 1 atom stereocenters. The number of halogens is 1. The van der Waals surface area contributed by atoms with E-state index in [-0.39, 0.29) is 29.0 Å². The summed E-state index contributed by atoms with van der Waals surface area (Å²) in [6.07, 6.45) is 0.594. The van der Waals surface area contributed by atoms with Crippen molar-refractivity contribution >= 4 is 31.9 Å². The van der Waals surface area contributed by atoms with Gasteiger partial charge in [-0.25, -0.2) is 13.6 Å². The third kappa shape index (κ3) is 5.29. The van der Waals surface area contributed by atoms with E-state index in [9.17, 15) is 18.3 Å². The fourth-order valence-electron chi connectivity index (χ4n) is 2.43. The molecule has 2 aromatic carbocycles. The van der Waals surface area contributed by atoms with Gasteiger partial charge in [-0.1, -0.05) is 41.1 Å². The van der Waals surface area contributed by atoms with Crippen LogP contribution in [0.15, 0.2) is 51.8 Å². The summed E-state index contributed by atoms with van der Waals surface area (Å²) in [7, 11) is -3.80. The van der Waals surface area contributed by atoms with E-state index in [4.69, 9.17) is 5.14 Å². The number of hydrogen-bond acceptors (Lipinski definition) is 4. The smallest absolute Gasteiger partial charge is 0.238 e. The second-order valence-corrected chi connectivity index (χ2v) is 8.07. The first-order valence-corrected chi connectivity index (χ1v) is 9.94. The van der Waals surface area contributed by atoms with E-state index in [2.05, 4.69) is 21.2 Å². The minimum Gasteiger partial charge on any atom is -0.508 e. The van der Waals surface area contributed by atoms with Crippen molar-refractivity contribution in [3.8, 4) is 5.75 Å². The molecule has 0 heterocycles. The molecule has 25 heavy (non-hydrogen) atoms. The number of carbonyl (C=O) groups is 1. The molecular formula is C17H19BrN2O4S. The average Bonchev–Trinajstić information content (AvgIpc) is 2.54. The highest BCUT2D eigenvalue weighted by atomic mass is 79.9. The van der Waals surface area contributed by atoms with Crippen molar-refractivity contribution < 1.29 is 18.3 Å². The lowest BCUT2D eigenvalue weighted by Crippen LogP contribution is -2.29. The number of carbonyl (C=O) groups excluding carboxylic acids is 1. The molecule has 0 aliphatic carbocycles. The number of rotatable bonds is 6. The molecule has 2 aromatic rings. The normalized spacial score (nSPS) is 12.6. The van der Waals surface area contributed by atoms with E-state index in [0.29, 0.717) is 17.5 Å². The van der Waals surface area contributed by atoms with Gasteiger partial charge in [0.1, 0.15) is 5.75 Å². The number of phenolic OH excluding ortho intramolecular Hbond substituents is 1. The summed E-state index contributed by atoms with van der Waals surface area (Å²) in [5.74, 6) is -0.237. The standard InChI is InChI=1S/C17H19BrN2O4S/c1-2-15(11-4-3-5-14(8-11)25(19,23)24)20-17(22)9-12-6-7-13(18)10-16(12)21/h3-8,10,15,21H,2,9H2,1H3,(H,20,22)(H2,19,23,24). The number of primary sulfonamides is 1. The van der Waals surface area contributed by atoms with Crippen LogP contribution in [0.25, 0.3) is 0 Å². The predicted molar refractivity (Wildman–Crippen MR) is 98.5 cm³/mol. The Hall–Kier alpha value is -1.90. The number of amides is 1. The van der Waals surface area contributed by atoms with E-state index in [1.165, 1.54) is 18.2 Å². The largest absolute Gasteiger partial charge is 0.508 e. The third-order valence-corrected chi connectivity index (χ3v) is 5.14. The van der Waals surface area contributed by atoms with E-state index in [1.807, 2.05) is 6.92 Å². The SMILES string of the molecule is CCC(NC(=O)Cc1ccc(Br)cc1O)c1cccc(S(N)(=O)=O)c1. The third-order valence-electron chi connectivity index (χ3n) is 3.73. The number of phenols is 1. The zero-order valence-corrected chi connectivity index (χ0v) is 16.0. The van der Waals surface area contributed by atoms with Crippen LogP contribution >= 0.6 is 15.9 Å². The number of hydrogen-bond donors (Lipinski definition) is 3. The molecular weight excluding hydrogens is 408 g/mol. The van der Waals surface area contributed by atoms with Crippen LogP contribution < -0.4 is 10.5 Å². The Morgan fingerprint density at radius 2 is 2.00 bits per heavy atom. The Bertz CT molecular complexity index is 884. The number of nitrogens with two attached hydrogens (primary N) is 1. The maximum atomic E-state index is 12.3. The predicted octanol–water partition coefficient (Wildman–Crippen LogP) is 2.61. The lowest BCUT2D eigenvalue weighted by molar-refractivity contribution is -0.121. The molecule has 1 amide bonds. The Labute approximate surface area is 155 Å². The van der Waals surface area contributed by atoms with Gasteiger partial charge in [0.15, 0.2) is 0 Å². The molecule has 0 saturated carbocycles. The van der Waals surface area contributed by atoms with Crippen LogP contribution in [-0.4, -0.2) is 19.4 Å². The first-order chi connectivity index (χ1) is 11.7. The van der Waals surface area contributed by atoms with Crippen LogP contribution in [0.2, 0.25) is 0 Å². The van der Waals surface area contributed by atoms with E-state index >= 15 is 0 Å². The maximum absolute atomic E-state index is 12.3. The summed E-state index contributed by atoms with van der Waals surface area (Å²) in [5, 5.41) is 17.9. The second kappa shape index (κ2) is 7.99. The van der Waals surface area contributed by atoms with Crippen molar-refractivity contribution in [2.24, 2.45) is 5.14 Å². The second-order valence-electron chi connectivity index (χ2n) is 5.60. The van der Waals surface area contributed by atoms with Gasteiger partial charge in [0, 0.05) is 10.0 Å². The average molecular weight is 427 g/mol. The number of benzene rings is 2. The molecule has 0 aromatic heterocycles.